The number of rotatable bonds is 2. The average Bonchev–Trinajstić information content (AvgIpc) is 2.48. The summed E-state index contributed by atoms with van der Waals surface area (Å²) in [6.45, 7) is 2.06. The molecule has 0 saturated heterocycles. The fourth-order valence-corrected chi connectivity index (χ4v) is 3.75. The normalized spacial score (nSPS) is 21.4. The Hall–Kier alpha value is -1.31. The van der Waals surface area contributed by atoms with Gasteiger partial charge in [0.1, 0.15) is 0 Å². The van der Waals surface area contributed by atoms with E-state index in [0.717, 1.165) is 17.0 Å². The SMILES string of the molecule is Cc1ccc([C@@H]2CCc3ccccc3[C@@H]2N(C)C)cc1Cl. The number of benzene rings is 2. The number of nitrogens with zero attached hydrogens (tertiary/aromatic N) is 1. The second-order valence-electron chi connectivity index (χ2n) is 6.26. The van der Waals surface area contributed by atoms with E-state index in [1.54, 1.807) is 0 Å². The van der Waals surface area contributed by atoms with Gasteiger partial charge in [-0.1, -0.05) is 48.0 Å². The quantitative estimate of drug-likeness (QED) is 0.756. The Balaban J connectivity index is 2.04. The molecule has 2 aromatic rings. The maximum absolute atomic E-state index is 6.35. The summed E-state index contributed by atoms with van der Waals surface area (Å²) in [5, 5.41) is 0.879. The van der Waals surface area contributed by atoms with Crippen molar-refractivity contribution in [2.75, 3.05) is 14.1 Å². The molecule has 2 aromatic carbocycles. The van der Waals surface area contributed by atoms with Crippen LogP contribution in [0.25, 0.3) is 0 Å². The van der Waals surface area contributed by atoms with Crippen LogP contribution in [0.3, 0.4) is 0 Å². The second-order valence-corrected chi connectivity index (χ2v) is 6.67. The maximum Gasteiger partial charge on any atom is 0.0438 e. The minimum Gasteiger partial charge on any atom is -0.302 e. The first-order chi connectivity index (χ1) is 10.1. The van der Waals surface area contributed by atoms with E-state index in [9.17, 15) is 0 Å². The number of likely N-dealkylation sites (N-methyl/N-ethyl adjacent to an activating group) is 1. The molecule has 0 spiro atoms. The lowest BCUT2D eigenvalue weighted by Crippen LogP contribution is -2.30. The van der Waals surface area contributed by atoms with Crippen molar-refractivity contribution < 1.29 is 0 Å². The molecule has 0 amide bonds. The topological polar surface area (TPSA) is 3.24 Å². The van der Waals surface area contributed by atoms with Crippen molar-refractivity contribution in [1.82, 2.24) is 4.90 Å². The van der Waals surface area contributed by atoms with Crippen LogP contribution >= 0.6 is 11.6 Å². The number of halogens is 1. The Morgan fingerprint density at radius 2 is 1.86 bits per heavy atom. The molecule has 2 atom stereocenters. The van der Waals surface area contributed by atoms with Gasteiger partial charge in [0, 0.05) is 17.0 Å². The monoisotopic (exact) mass is 299 g/mol. The van der Waals surface area contributed by atoms with Gasteiger partial charge in [-0.15, -0.1) is 0 Å². The first-order valence-corrected chi connectivity index (χ1v) is 7.96. The molecule has 1 aliphatic rings. The summed E-state index contributed by atoms with van der Waals surface area (Å²) in [5.74, 6) is 0.507. The van der Waals surface area contributed by atoms with Crippen LogP contribution in [-0.2, 0) is 6.42 Å². The van der Waals surface area contributed by atoms with Crippen LogP contribution in [-0.4, -0.2) is 19.0 Å². The predicted octanol–water partition coefficient (Wildman–Crippen LogP) is 4.98. The highest BCUT2D eigenvalue weighted by Crippen LogP contribution is 2.43. The Labute approximate surface area is 132 Å². The van der Waals surface area contributed by atoms with E-state index in [1.165, 1.54) is 23.1 Å². The van der Waals surface area contributed by atoms with Crippen LogP contribution in [0.2, 0.25) is 5.02 Å². The van der Waals surface area contributed by atoms with Crippen molar-refractivity contribution in [1.29, 1.82) is 0 Å². The lowest BCUT2D eigenvalue weighted by molar-refractivity contribution is 0.237. The predicted molar refractivity (Wildman–Crippen MR) is 90.1 cm³/mol. The summed E-state index contributed by atoms with van der Waals surface area (Å²) in [5.41, 5.74) is 5.47. The third kappa shape index (κ3) is 2.73. The van der Waals surface area contributed by atoms with E-state index in [-0.39, 0.29) is 0 Å². The lowest BCUT2D eigenvalue weighted by atomic mass is 9.75. The Kier molecular flexibility index (Phi) is 4.05. The summed E-state index contributed by atoms with van der Waals surface area (Å²) in [6, 6.07) is 15.8. The van der Waals surface area contributed by atoms with E-state index in [1.807, 2.05) is 0 Å². The minimum absolute atomic E-state index is 0.425. The molecule has 0 radical (unpaired) electrons. The summed E-state index contributed by atoms with van der Waals surface area (Å²) < 4.78 is 0. The van der Waals surface area contributed by atoms with Gasteiger partial charge in [0.25, 0.3) is 0 Å². The van der Waals surface area contributed by atoms with Crippen LogP contribution < -0.4 is 0 Å². The third-order valence-corrected chi connectivity index (χ3v) is 5.07. The highest BCUT2D eigenvalue weighted by Gasteiger charge is 2.32. The molecular formula is C19H22ClN. The van der Waals surface area contributed by atoms with Gasteiger partial charge in [0.15, 0.2) is 0 Å². The van der Waals surface area contributed by atoms with Crippen LogP contribution in [0.15, 0.2) is 42.5 Å². The van der Waals surface area contributed by atoms with Crippen molar-refractivity contribution >= 4 is 11.6 Å². The molecule has 0 bridgehead atoms. The van der Waals surface area contributed by atoms with Gasteiger partial charge in [-0.2, -0.15) is 0 Å². The van der Waals surface area contributed by atoms with E-state index < -0.39 is 0 Å². The van der Waals surface area contributed by atoms with E-state index in [4.69, 9.17) is 11.6 Å². The van der Waals surface area contributed by atoms with Crippen molar-refractivity contribution in [3.8, 4) is 0 Å². The summed E-state index contributed by atoms with van der Waals surface area (Å²) >= 11 is 6.35. The second kappa shape index (κ2) is 5.82. The number of hydrogen-bond donors (Lipinski definition) is 0. The Morgan fingerprint density at radius 3 is 2.57 bits per heavy atom. The highest BCUT2D eigenvalue weighted by atomic mass is 35.5. The molecule has 0 saturated carbocycles. The van der Waals surface area contributed by atoms with Crippen molar-refractivity contribution in [2.24, 2.45) is 0 Å². The van der Waals surface area contributed by atoms with Crippen molar-refractivity contribution in [3.05, 3.63) is 69.7 Å². The van der Waals surface area contributed by atoms with Crippen molar-refractivity contribution in [3.63, 3.8) is 0 Å². The van der Waals surface area contributed by atoms with Gasteiger partial charge in [-0.05, 0) is 62.2 Å². The zero-order valence-corrected chi connectivity index (χ0v) is 13.7. The molecular weight excluding hydrogens is 278 g/mol. The first kappa shape index (κ1) is 14.6. The molecule has 0 unspecified atom stereocenters. The van der Waals surface area contributed by atoms with E-state index >= 15 is 0 Å². The van der Waals surface area contributed by atoms with Crippen molar-refractivity contribution in [2.45, 2.75) is 31.7 Å². The van der Waals surface area contributed by atoms with E-state index in [2.05, 4.69) is 68.4 Å². The van der Waals surface area contributed by atoms with Gasteiger partial charge in [0.05, 0.1) is 0 Å². The summed E-state index contributed by atoms with van der Waals surface area (Å²) in [4.78, 5) is 2.34. The Bertz CT molecular complexity index is 648. The smallest absolute Gasteiger partial charge is 0.0438 e. The van der Waals surface area contributed by atoms with Crippen LogP contribution in [0, 0.1) is 6.92 Å². The fraction of sp³-hybridized carbons (Fsp3) is 0.368. The fourth-order valence-electron chi connectivity index (χ4n) is 3.56. The average molecular weight is 300 g/mol. The zero-order chi connectivity index (χ0) is 15.0. The number of aryl methyl sites for hydroxylation is 2. The molecule has 0 aromatic heterocycles. The van der Waals surface area contributed by atoms with Gasteiger partial charge >= 0.3 is 0 Å². The Morgan fingerprint density at radius 1 is 1.10 bits per heavy atom. The molecule has 110 valence electrons. The summed E-state index contributed by atoms with van der Waals surface area (Å²) in [6.07, 6.45) is 2.33. The maximum atomic E-state index is 6.35. The minimum atomic E-state index is 0.425. The molecule has 1 aliphatic carbocycles. The van der Waals surface area contributed by atoms with Gasteiger partial charge < -0.3 is 4.90 Å². The standard InChI is InChI=1S/C19H22ClN/c1-13-8-9-15(12-18(13)20)17-11-10-14-6-4-5-7-16(14)19(17)21(2)3/h4-9,12,17,19H,10-11H2,1-3H3/t17-,19-/m0/s1. The molecule has 21 heavy (non-hydrogen) atoms. The van der Waals surface area contributed by atoms with Crippen LogP contribution in [0.1, 0.15) is 40.6 Å². The van der Waals surface area contributed by atoms with Crippen LogP contribution in [0.5, 0.6) is 0 Å². The number of hydrogen-bond acceptors (Lipinski definition) is 1. The molecule has 3 rings (SSSR count). The third-order valence-electron chi connectivity index (χ3n) is 4.66. The molecule has 1 nitrogen and oxygen atoms in total. The zero-order valence-electron chi connectivity index (χ0n) is 12.9. The first-order valence-electron chi connectivity index (χ1n) is 7.58. The molecule has 0 aliphatic heterocycles. The van der Waals surface area contributed by atoms with Crippen LogP contribution in [0.4, 0.5) is 0 Å². The highest BCUT2D eigenvalue weighted by molar-refractivity contribution is 6.31. The molecule has 0 fully saturated rings. The molecule has 2 heteroatoms. The van der Waals surface area contributed by atoms with Gasteiger partial charge in [-0.25, -0.2) is 0 Å². The van der Waals surface area contributed by atoms with Gasteiger partial charge in [0.2, 0.25) is 0 Å². The lowest BCUT2D eigenvalue weighted by Gasteiger charge is -2.38. The largest absolute Gasteiger partial charge is 0.302 e. The molecule has 0 heterocycles. The van der Waals surface area contributed by atoms with Gasteiger partial charge in [-0.3, -0.25) is 0 Å². The van der Waals surface area contributed by atoms with E-state index in [0.29, 0.717) is 12.0 Å². The number of fused-ring (bicyclic) bond motifs is 1. The molecule has 0 N–H and O–H groups in total. The summed E-state index contributed by atoms with van der Waals surface area (Å²) in [7, 11) is 4.35.